The molecule has 4 rings (SSSR count). The molecule has 1 heterocycles. The maximum Gasteiger partial charge on any atom is 0.254 e. The van der Waals surface area contributed by atoms with Gasteiger partial charge in [0.05, 0.1) is 12.1 Å². The lowest BCUT2D eigenvalue weighted by molar-refractivity contribution is 0.0730. The molecule has 0 radical (unpaired) electrons. The van der Waals surface area contributed by atoms with Gasteiger partial charge >= 0.3 is 0 Å². The van der Waals surface area contributed by atoms with E-state index in [0.29, 0.717) is 12.1 Å². The Kier molecular flexibility index (Phi) is 6.75. The van der Waals surface area contributed by atoms with E-state index in [1.165, 1.54) is 5.56 Å². The molecule has 2 aromatic carbocycles. The van der Waals surface area contributed by atoms with Crippen molar-refractivity contribution in [1.82, 2.24) is 15.2 Å². The van der Waals surface area contributed by atoms with Gasteiger partial charge in [-0.2, -0.15) is 0 Å². The fourth-order valence-corrected chi connectivity index (χ4v) is 4.22. The minimum atomic E-state index is -0.507. The van der Waals surface area contributed by atoms with Crippen molar-refractivity contribution in [2.24, 2.45) is 0 Å². The molecule has 0 saturated carbocycles. The minimum Gasteiger partial charge on any atom is -0.387 e. The third kappa shape index (κ3) is 5.01. The Morgan fingerprint density at radius 1 is 1.13 bits per heavy atom. The molecular weight excluding hydrogens is 386 g/mol. The van der Waals surface area contributed by atoms with Gasteiger partial charge in [0.1, 0.15) is 0 Å². The molecule has 160 valence electrons. The monoisotopic (exact) mass is 415 g/mol. The van der Waals surface area contributed by atoms with Crippen LogP contribution in [0.4, 0.5) is 0 Å². The van der Waals surface area contributed by atoms with Gasteiger partial charge in [0.15, 0.2) is 0 Å². The van der Waals surface area contributed by atoms with E-state index in [1.54, 1.807) is 0 Å². The molecule has 0 bridgehead atoms. The number of nitrogens with zero attached hydrogens (tertiary/aromatic N) is 2. The summed E-state index contributed by atoms with van der Waals surface area (Å²) in [4.78, 5) is 19.3. The fraction of sp³-hybridized carbons (Fsp3) is 0.308. The average molecular weight is 416 g/mol. The zero-order valence-corrected chi connectivity index (χ0v) is 17.9. The van der Waals surface area contributed by atoms with Crippen molar-refractivity contribution in [1.29, 1.82) is 0 Å². The Morgan fingerprint density at radius 3 is 2.68 bits per heavy atom. The van der Waals surface area contributed by atoms with Gasteiger partial charge in [-0.3, -0.25) is 9.78 Å². The zero-order valence-electron chi connectivity index (χ0n) is 17.9. The number of carbonyl (C=O) groups excluding carboxylic acids is 1. The van der Waals surface area contributed by atoms with Gasteiger partial charge in [-0.05, 0) is 60.7 Å². The highest BCUT2D eigenvalue weighted by atomic mass is 16.3. The van der Waals surface area contributed by atoms with Gasteiger partial charge in [-0.25, -0.2) is 0 Å². The first-order chi connectivity index (χ1) is 15.1. The van der Waals surface area contributed by atoms with Crippen LogP contribution in [0, 0.1) is 0 Å². The summed E-state index contributed by atoms with van der Waals surface area (Å²) in [6.07, 6.45) is 4.00. The Morgan fingerprint density at radius 2 is 1.90 bits per heavy atom. The number of amides is 1. The van der Waals surface area contributed by atoms with Gasteiger partial charge in [-0.1, -0.05) is 48.5 Å². The molecule has 0 saturated heterocycles. The molecular formula is C26H29N3O2. The normalized spacial score (nSPS) is 16.0. The van der Waals surface area contributed by atoms with Crippen molar-refractivity contribution in [3.63, 3.8) is 0 Å². The Labute approximate surface area is 183 Å². The maximum atomic E-state index is 13.0. The van der Waals surface area contributed by atoms with E-state index in [2.05, 4.69) is 16.4 Å². The van der Waals surface area contributed by atoms with E-state index in [9.17, 15) is 9.90 Å². The summed E-state index contributed by atoms with van der Waals surface area (Å²) >= 11 is 0. The number of aryl methyl sites for hydroxylation is 1. The molecule has 1 aromatic heterocycles. The van der Waals surface area contributed by atoms with Crippen LogP contribution in [0.5, 0.6) is 0 Å². The Balaban J connectivity index is 1.27. The number of aliphatic hydroxyl groups excluding tert-OH is 1. The molecule has 1 aliphatic carbocycles. The van der Waals surface area contributed by atoms with Crippen LogP contribution in [0.15, 0.2) is 72.9 Å². The average Bonchev–Trinajstić information content (AvgIpc) is 3.26. The number of nitrogens with one attached hydrogen (secondary N) is 1. The summed E-state index contributed by atoms with van der Waals surface area (Å²) in [5.41, 5.74) is 5.06. The number of carbonyl (C=O) groups is 1. The zero-order chi connectivity index (χ0) is 21.6. The van der Waals surface area contributed by atoms with Crippen molar-refractivity contribution in [2.75, 3.05) is 20.1 Å². The molecule has 2 unspecified atom stereocenters. The molecule has 5 heteroatoms. The van der Waals surface area contributed by atoms with E-state index in [1.807, 2.05) is 78.8 Å². The quantitative estimate of drug-likeness (QED) is 0.551. The number of aromatic nitrogens is 1. The third-order valence-corrected chi connectivity index (χ3v) is 6.04. The van der Waals surface area contributed by atoms with Gasteiger partial charge in [-0.15, -0.1) is 0 Å². The molecule has 3 aromatic rings. The summed E-state index contributed by atoms with van der Waals surface area (Å²) in [7, 11) is 1.88. The molecule has 0 spiro atoms. The SMILES string of the molecule is CN(C(=O)c1ccc(CCNCC(O)c2ccccc2)cc1)C1CCc2ncccc21. The second-order valence-electron chi connectivity index (χ2n) is 8.09. The molecule has 0 fully saturated rings. The maximum absolute atomic E-state index is 13.0. The number of fused-ring (bicyclic) bond motifs is 1. The van der Waals surface area contributed by atoms with Crippen molar-refractivity contribution in [2.45, 2.75) is 31.4 Å². The number of rotatable bonds is 8. The second kappa shape index (κ2) is 9.86. The van der Waals surface area contributed by atoms with E-state index in [0.717, 1.165) is 42.6 Å². The van der Waals surface area contributed by atoms with Crippen molar-refractivity contribution in [3.05, 3.63) is 101 Å². The number of benzene rings is 2. The first-order valence-corrected chi connectivity index (χ1v) is 10.9. The Hall–Kier alpha value is -3.02. The van der Waals surface area contributed by atoms with Gasteiger partial charge in [0.25, 0.3) is 5.91 Å². The molecule has 2 N–H and O–H groups in total. The van der Waals surface area contributed by atoms with Crippen LogP contribution in [-0.2, 0) is 12.8 Å². The topological polar surface area (TPSA) is 65.5 Å². The first-order valence-electron chi connectivity index (χ1n) is 10.9. The summed E-state index contributed by atoms with van der Waals surface area (Å²) < 4.78 is 0. The lowest BCUT2D eigenvalue weighted by Crippen LogP contribution is -2.30. The third-order valence-electron chi connectivity index (χ3n) is 6.04. The fourth-order valence-electron chi connectivity index (χ4n) is 4.22. The largest absolute Gasteiger partial charge is 0.387 e. The van der Waals surface area contributed by atoms with Crippen molar-refractivity contribution in [3.8, 4) is 0 Å². The van der Waals surface area contributed by atoms with Gasteiger partial charge in [0.2, 0.25) is 0 Å². The Bertz CT molecular complexity index is 1000. The number of hydrogen-bond donors (Lipinski definition) is 2. The molecule has 31 heavy (non-hydrogen) atoms. The van der Waals surface area contributed by atoms with Crippen LogP contribution in [-0.4, -0.2) is 41.0 Å². The molecule has 0 aliphatic heterocycles. The summed E-state index contributed by atoms with van der Waals surface area (Å²) in [6.45, 7) is 1.28. The lowest BCUT2D eigenvalue weighted by Gasteiger charge is -2.25. The van der Waals surface area contributed by atoms with Crippen LogP contribution < -0.4 is 5.32 Å². The van der Waals surface area contributed by atoms with Crippen LogP contribution >= 0.6 is 0 Å². The molecule has 5 nitrogen and oxygen atoms in total. The van der Waals surface area contributed by atoms with Crippen LogP contribution in [0.3, 0.4) is 0 Å². The second-order valence-corrected chi connectivity index (χ2v) is 8.09. The number of aliphatic hydroxyl groups is 1. The lowest BCUT2D eigenvalue weighted by atomic mass is 10.1. The standard InChI is InChI=1S/C26H29N3O2/c1-29(24-14-13-23-22(24)8-5-16-28-23)26(31)21-11-9-19(10-12-21)15-17-27-18-25(30)20-6-3-2-4-7-20/h2-12,16,24-25,27,30H,13-15,17-18H2,1H3. The molecule has 2 atom stereocenters. The van der Waals surface area contributed by atoms with Crippen molar-refractivity contribution >= 4 is 5.91 Å². The summed E-state index contributed by atoms with van der Waals surface area (Å²) in [5, 5.41) is 13.5. The molecule has 1 amide bonds. The highest BCUT2D eigenvalue weighted by Gasteiger charge is 2.29. The van der Waals surface area contributed by atoms with Crippen LogP contribution in [0.25, 0.3) is 0 Å². The predicted octanol–water partition coefficient (Wildman–Crippen LogP) is 3.71. The number of hydrogen-bond acceptors (Lipinski definition) is 4. The van der Waals surface area contributed by atoms with Gasteiger partial charge in [0, 0.05) is 31.0 Å². The van der Waals surface area contributed by atoms with Crippen molar-refractivity contribution < 1.29 is 9.90 Å². The van der Waals surface area contributed by atoms with Crippen LogP contribution in [0.1, 0.15) is 51.3 Å². The van der Waals surface area contributed by atoms with E-state index < -0.39 is 6.10 Å². The van der Waals surface area contributed by atoms with Crippen LogP contribution in [0.2, 0.25) is 0 Å². The minimum absolute atomic E-state index is 0.0392. The van der Waals surface area contributed by atoms with E-state index >= 15 is 0 Å². The van der Waals surface area contributed by atoms with E-state index in [-0.39, 0.29) is 11.9 Å². The number of pyridine rings is 1. The smallest absolute Gasteiger partial charge is 0.254 e. The summed E-state index contributed by atoms with van der Waals surface area (Å²) in [6, 6.07) is 21.6. The predicted molar refractivity (Wildman–Crippen MR) is 122 cm³/mol. The van der Waals surface area contributed by atoms with Gasteiger partial charge < -0.3 is 15.3 Å². The highest BCUT2D eigenvalue weighted by Crippen LogP contribution is 2.34. The summed E-state index contributed by atoms with van der Waals surface area (Å²) in [5.74, 6) is 0.0392. The molecule has 1 aliphatic rings. The van der Waals surface area contributed by atoms with E-state index in [4.69, 9.17) is 0 Å². The first kappa shape index (κ1) is 21.2. The highest BCUT2D eigenvalue weighted by molar-refractivity contribution is 5.94.